The number of sulfone groups is 1. The number of hydrogen-bond donors (Lipinski definition) is 2. The zero-order valence-corrected chi connectivity index (χ0v) is 25.6. The number of rotatable bonds is 14. The fourth-order valence-corrected chi connectivity index (χ4v) is 5.97. The molecular weight excluding hydrogens is 556 g/mol. The molecule has 0 saturated carbocycles. The van der Waals surface area contributed by atoms with Crippen molar-refractivity contribution >= 4 is 38.2 Å². The molecule has 2 atom stereocenters. The van der Waals surface area contributed by atoms with E-state index in [2.05, 4.69) is 10.8 Å². The molecule has 0 heterocycles. The normalized spacial score (nSPS) is 13.4. The van der Waals surface area contributed by atoms with Crippen LogP contribution in [0.3, 0.4) is 0 Å². The molecule has 9 nitrogen and oxygen atoms in total. The average Bonchev–Trinajstić information content (AvgIpc) is 2.94. The highest BCUT2D eigenvalue weighted by atomic mass is 32.2. The number of benzene rings is 3. The molecule has 2 amide bonds. The third-order valence-electron chi connectivity index (χ3n) is 6.63. The predicted octanol–water partition coefficient (Wildman–Crippen LogP) is 4.11. The van der Waals surface area contributed by atoms with Crippen molar-refractivity contribution in [2.24, 2.45) is 5.92 Å². The van der Waals surface area contributed by atoms with Crippen molar-refractivity contribution in [3.63, 3.8) is 0 Å². The third-order valence-corrected chi connectivity index (χ3v) is 8.47. The first kappa shape index (κ1) is 32.9. The molecule has 3 aromatic carbocycles. The molecule has 10 heteroatoms. The predicted molar refractivity (Wildman–Crippen MR) is 161 cm³/mol. The van der Waals surface area contributed by atoms with E-state index in [1.165, 1.54) is 19.2 Å². The quantitative estimate of drug-likeness (QED) is 0.268. The van der Waals surface area contributed by atoms with Gasteiger partial charge in [0.2, 0.25) is 11.8 Å². The van der Waals surface area contributed by atoms with Gasteiger partial charge in [0, 0.05) is 20.0 Å². The van der Waals surface area contributed by atoms with Crippen molar-refractivity contribution in [2.75, 3.05) is 19.5 Å². The second-order valence-corrected chi connectivity index (χ2v) is 13.4. The maximum absolute atomic E-state index is 13.5. The molecular formula is C32H40N2O7S. The topological polar surface area (TPSA) is 128 Å². The first-order valence-electron chi connectivity index (χ1n) is 13.8. The van der Waals surface area contributed by atoms with Gasteiger partial charge >= 0.3 is 0 Å². The van der Waals surface area contributed by atoms with Crippen LogP contribution in [0.15, 0.2) is 71.6 Å². The largest absolute Gasteiger partial charge is 0.382 e. The lowest BCUT2D eigenvalue weighted by molar-refractivity contribution is -0.148. The lowest BCUT2D eigenvalue weighted by Gasteiger charge is -2.23. The van der Waals surface area contributed by atoms with Gasteiger partial charge in [-0.05, 0) is 62.6 Å². The summed E-state index contributed by atoms with van der Waals surface area (Å²) in [4.78, 5) is 44.8. The molecule has 0 aliphatic carbocycles. The Bertz CT molecular complexity index is 1490. The number of hydrogen-bond acceptors (Lipinski definition) is 7. The van der Waals surface area contributed by atoms with Crippen LogP contribution < -0.4 is 10.8 Å². The van der Waals surface area contributed by atoms with Gasteiger partial charge < -0.3 is 10.1 Å². The Kier molecular flexibility index (Phi) is 11.4. The first-order chi connectivity index (χ1) is 19.8. The van der Waals surface area contributed by atoms with Crippen molar-refractivity contribution in [2.45, 2.75) is 63.5 Å². The molecule has 2 N–H and O–H groups in total. The smallest absolute Gasteiger partial charge is 0.244 e. The van der Waals surface area contributed by atoms with Crippen LogP contribution in [0.25, 0.3) is 10.8 Å². The van der Waals surface area contributed by atoms with Gasteiger partial charge in [-0.15, -0.1) is 0 Å². The summed E-state index contributed by atoms with van der Waals surface area (Å²) in [6.07, 6.45) is 0.125. The van der Waals surface area contributed by atoms with Crippen molar-refractivity contribution in [3.05, 3.63) is 77.9 Å². The van der Waals surface area contributed by atoms with E-state index in [1.54, 1.807) is 32.9 Å². The minimum Gasteiger partial charge on any atom is -0.382 e. The number of aryl methyl sites for hydroxylation is 2. The highest BCUT2D eigenvalue weighted by molar-refractivity contribution is 7.91. The number of amides is 2. The maximum Gasteiger partial charge on any atom is 0.244 e. The summed E-state index contributed by atoms with van der Waals surface area (Å²) in [5.74, 6) is -3.58. The standard InChI is InChI=1S/C32H40N2O7S/c1-22-13-16-26(17-14-22)42(38,39)21-25(19-30(36)34-41-32(2,3)4)31(37)33-28(20-40-5)29(35)18-15-24-11-8-10-23-9-6-7-12-27(23)24/h6-14,16-17,25,28H,15,18-21H2,1-5H3,(H,33,37)(H,34,36)/t25-,28+/m1/s1. The third kappa shape index (κ3) is 9.75. The molecule has 0 aliphatic heterocycles. The molecule has 0 spiro atoms. The van der Waals surface area contributed by atoms with E-state index in [1.807, 2.05) is 49.4 Å². The Morgan fingerprint density at radius 3 is 2.26 bits per heavy atom. The van der Waals surface area contributed by atoms with Crippen LogP contribution in [0, 0.1) is 12.8 Å². The summed E-state index contributed by atoms with van der Waals surface area (Å²) in [7, 11) is -2.53. The number of hydroxylamine groups is 1. The molecule has 0 aliphatic rings. The van der Waals surface area contributed by atoms with Crippen molar-refractivity contribution in [1.82, 2.24) is 10.8 Å². The Hall–Kier alpha value is -3.60. The van der Waals surface area contributed by atoms with E-state index in [0.717, 1.165) is 21.9 Å². The van der Waals surface area contributed by atoms with E-state index in [-0.39, 0.29) is 23.7 Å². The highest BCUT2D eigenvalue weighted by Crippen LogP contribution is 2.21. The lowest BCUT2D eigenvalue weighted by Crippen LogP contribution is -2.48. The van der Waals surface area contributed by atoms with E-state index in [4.69, 9.17) is 9.57 Å². The summed E-state index contributed by atoms with van der Waals surface area (Å²) in [6.45, 7) is 6.94. The van der Waals surface area contributed by atoms with Gasteiger partial charge in [0.1, 0.15) is 6.04 Å². The van der Waals surface area contributed by atoms with Gasteiger partial charge in [-0.2, -0.15) is 0 Å². The molecule has 3 rings (SSSR count). The molecule has 0 radical (unpaired) electrons. The van der Waals surface area contributed by atoms with E-state index < -0.39 is 51.4 Å². The number of carbonyl (C=O) groups excluding carboxylic acids is 3. The van der Waals surface area contributed by atoms with Gasteiger partial charge in [-0.3, -0.25) is 19.2 Å². The van der Waals surface area contributed by atoms with E-state index in [0.29, 0.717) is 6.42 Å². The van der Waals surface area contributed by atoms with Gasteiger partial charge in [-0.25, -0.2) is 13.9 Å². The average molecular weight is 597 g/mol. The van der Waals surface area contributed by atoms with Crippen molar-refractivity contribution in [3.8, 4) is 0 Å². The molecule has 3 aromatic rings. The lowest BCUT2D eigenvalue weighted by atomic mass is 9.98. The number of fused-ring (bicyclic) bond motifs is 1. The first-order valence-corrected chi connectivity index (χ1v) is 15.5. The molecule has 0 aromatic heterocycles. The summed E-state index contributed by atoms with van der Waals surface area (Å²) in [5.41, 5.74) is 3.48. The van der Waals surface area contributed by atoms with Gasteiger partial charge in [0.25, 0.3) is 0 Å². The molecule has 0 fully saturated rings. The maximum atomic E-state index is 13.5. The molecule has 0 bridgehead atoms. The van der Waals surface area contributed by atoms with Gasteiger partial charge in [0.05, 0.1) is 28.8 Å². The molecule has 0 saturated heterocycles. The summed E-state index contributed by atoms with van der Waals surface area (Å²) < 4.78 is 31.7. The minimum atomic E-state index is -3.94. The van der Waals surface area contributed by atoms with Crippen molar-refractivity contribution < 1.29 is 32.4 Å². The van der Waals surface area contributed by atoms with Crippen LogP contribution in [-0.4, -0.2) is 57.1 Å². The Balaban J connectivity index is 1.77. The second-order valence-electron chi connectivity index (χ2n) is 11.4. The van der Waals surface area contributed by atoms with Gasteiger partial charge in [0.15, 0.2) is 15.6 Å². The number of ketones is 1. The fourth-order valence-electron chi connectivity index (χ4n) is 4.42. The SMILES string of the molecule is COC[C@H](NC(=O)[C@H](CC(=O)NOC(C)(C)C)CS(=O)(=O)c1ccc(C)cc1)C(=O)CCc1cccc2ccccc12. The van der Waals surface area contributed by atoms with Crippen LogP contribution in [0.4, 0.5) is 0 Å². The highest BCUT2D eigenvalue weighted by Gasteiger charge is 2.32. The fraction of sp³-hybridized carbons (Fsp3) is 0.406. The second kappa shape index (κ2) is 14.5. The Morgan fingerprint density at radius 1 is 0.929 bits per heavy atom. The summed E-state index contributed by atoms with van der Waals surface area (Å²) in [5, 5.41) is 4.76. The van der Waals surface area contributed by atoms with Crippen LogP contribution >= 0.6 is 0 Å². The van der Waals surface area contributed by atoms with E-state index >= 15 is 0 Å². The number of nitrogens with one attached hydrogen (secondary N) is 2. The summed E-state index contributed by atoms with van der Waals surface area (Å²) in [6, 6.07) is 19.0. The van der Waals surface area contributed by atoms with Crippen LogP contribution in [0.5, 0.6) is 0 Å². The monoisotopic (exact) mass is 596 g/mol. The van der Waals surface area contributed by atoms with Crippen molar-refractivity contribution in [1.29, 1.82) is 0 Å². The Labute approximate surface area is 247 Å². The van der Waals surface area contributed by atoms with Gasteiger partial charge in [-0.1, -0.05) is 60.2 Å². The molecule has 42 heavy (non-hydrogen) atoms. The van der Waals surface area contributed by atoms with Crippen LogP contribution in [0.1, 0.15) is 44.7 Å². The number of ether oxygens (including phenoxy) is 1. The number of carbonyl (C=O) groups is 3. The minimum absolute atomic E-state index is 0.0388. The van der Waals surface area contributed by atoms with E-state index in [9.17, 15) is 22.8 Å². The molecule has 226 valence electrons. The summed E-state index contributed by atoms with van der Waals surface area (Å²) >= 11 is 0. The van der Waals surface area contributed by atoms with Crippen LogP contribution in [0.2, 0.25) is 0 Å². The zero-order valence-electron chi connectivity index (χ0n) is 24.8. The van der Waals surface area contributed by atoms with Crippen LogP contribution in [-0.2, 0) is 40.2 Å². The Morgan fingerprint density at radius 2 is 1.60 bits per heavy atom. The zero-order chi connectivity index (χ0) is 30.9. The number of methoxy groups -OCH3 is 1. The molecule has 0 unspecified atom stereocenters. The number of Topliss-reactive ketones (excluding diaryl/α,β-unsaturated/α-hetero) is 1.